The number of halogens is 1. The highest BCUT2D eigenvalue weighted by Crippen LogP contribution is 2.24. The van der Waals surface area contributed by atoms with Crippen molar-refractivity contribution in [1.29, 1.82) is 0 Å². The molecule has 0 aliphatic heterocycles. The second kappa shape index (κ2) is 5.82. The largest absolute Gasteiger partial charge is 0.396 e. The molecule has 2 aromatic rings. The lowest BCUT2D eigenvalue weighted by atomic mass is 10.2. The van der Waals surface area contributed by atoms with E-state index in [1.54, 1.807) is 7.11 Å². The lowest BCUT2D eigenvalue weighted by molar-refractivity contribution is 0.180. The summed E-state index contributed by atoms with van der Waals surface area (Å²) in [5.74, 6) is 0.183. The normalized spacial score (nSPS) is 13.1. The standard InChI is InChI=1S/C13H17BrN2O2/c1-9(7-17)6-16-13-5-10(14)3-4-11(13)12(15-16)8-18-2/h3-5,9,17H,6-8H2,1-2H3. The highest BCUT2D eigenvalue weighted by atomic mass is 79.9. The van der Waals surface area contributed by atoms with Crippen LogP contribution in [-0.4, -0.2) is 28.6 Å². The van der Waals surface area contributed by atoms with Gasteiger partial charge in [-0.05, 0) is 24.1 Å². The summed E-state index contributed by atoms with van der Waals surface area (Å²) in [4.78, 5) is 0. The van der Waals surface area contributed by atoms with Gasteiger partial charge in [0.15, 0.2) is 0 Å². The molecule has 0 radical (unpaired) electrons. The SMILES string of the molecule is COCc1nn(CC(C)CO)c2cc(Br)ccc12. The van der Waals surface area contributed by atoms with Gasteiger partial charge in [0, 0.05) is 30.1 Å². The maximum absolute atomic E-state index is 9.16. The Balaban J connectivity index is 2.47. The molecule has 0 saturated heterocycles. The number of hydrogen-bond acceptors (Lipinski definition) is 3. The average Bonchev–Trinajstić information content (AvgIpc) is 2.67. The molecule has 0 aliphatic rings. The number of aliphatic hydroxyl groups is 1. The third-order valence-corrected chi connectivity index (χ3v) is 3.36. The van der Waals surface area contributed by atoms with Gasteiger partial charge in [-0.1, -0.05) is 22.9 Å². The molecule has 0 saturated carbocycles. The van der Waals surface area contributed by atoms with Crippen molar-refractivity contribution >= 4 is 26.8 Å². The van der Waals surface area contributed by atoms with E-state index in [0.717, 1.165) is 21.1 Å². The number of ether oxygens (including phenoxy) is 1. The van der Waals surface area contributed by atoms with Crippen molar-refractivity contribution in [3.63, 3.8) is 0 Å². The van der Waals surface area contributed by atoms with Crippen LogP contribution < -0.4 is 0 Å². The summed E-state index contributed by atoms with van der Waals surface area (Å²) in [6.07, 6.45) is 0. The highest BCUT2D eigenvalue weighted by molar-refractivity contribution is 9.10. The van der Waals surface area contributed by atoms with Gasteiger partial charge in [-0.2, -0.15) is 5.10 Å². The van der Waals surface area contributed by atoms with Crippen LogP contribution in [0.3, 0.4) is 0 Å². The Labute approximate surface area is 115 Å². The van der Waals surface area contributed by atoms with E-state index < -0.39 is 0 Å². The molecular weight excluding hydrogens is 296 g/mol. The fourth-order valence-electron chi connectivity index (χ4n) is 1.95. The van der Waals surface area contributed by atoms with Crippen molar-refractivity contribution in [3.8, 4) is 0 Å². The molecule has 4 nitrogen and oxygen atoms in total. The fraction of sp³-hybridized carbons (Fsp3) is 0.462. The van der Waals surface area contributed by atoms with Gasteiger partial charge in [0.05, 0.1) is 17.8 Å². The summed E-state index contributed by atoms with van der Waals surface area (Å²) in [7, 11) is 1.67. The molecule has 0 fully saturated rings. The van der Waals surface area contributed by atoms with E-state index in [1.165, 1.54) is 0 Å². The number of benzene rings is 1. The van der Waals surface area contributed by atoms with Crippen LogP contribution in [0.4, 0.5) is 0 Å². The van der Waals surface area contributed by atoms with Crippen molar-refractivity contribution < 1.29 is 9.84 Å². The van der Waals surface area contributed by atoms with Crippen molar-refractivity contribution in [1.82, 2.24) is 9.78 Å². The Hall–Kier alpha value is -0.910. The van der Waals surface area contributed by atoms with Gasteiger partial charge in [0.2, 0.25) is 0 Å². The predicted molar refractivity (Wildman–Crippen MR) is 74.4 cm³/mol. The zero-order valence-corrected chi connectivity index (χ0v) is 12.1. The van der Waals surface area contributed by atoms with Crippen LogP contribution in [0.5, 0.6) is 0 Å². The van der Waals surface area contributed by atoms with E-state index in [1.807, 2.05) is 29.8 Å². The van der Waals surface area contributed by atoms with E-state index >= 15 is 0 Å². The van der Waals surface area contributed by atoms with Gasteiger partial charge in [-0.15, -0.1) is 0 Å². The van der Waals surface area contributed by atoms with Crippen LogP contribution in [0.1, 0.15) is 12.6 Å². The molecule has 98 valence electrons. The van der Waals surface area contributed by atoms with E-state index in [2.05, 4.69) is 21.0 Å². The van der Waals surface area contributed by atoms with Gasteiger partial charge in [0.25, 0.3) is 0 Å². The first-order valence-corrected chi connectivity index (χ1v) is 6.69. The number of methoxy groups -OCH3 is 1. The predicted octanol–water partition coefficient (Wildman–Crippen LogP) is 2.57. The van der Waals surface area contributed by atoms with Crippen molar-refractivity contribution in [2.24, 2.45) is 5.92 Å². The van der Waals surface area contributed by atoms with Crippen LogP contribution in [0.15, 0.2) is 22.7 Å². The van der Waals surface area contributed by atoms with Gasteiger partial charge in [-0.3, -0.25) is 4.68 Å². The Morgan fingerprint density at radius 1 is 1.50 bits per heavy atom. The van der Waals surface area contributed by atoms with Crippen molar-refractivity contribution in [2.45, 2.75) is 20.1 Å². The third-order valence-electron chi connectivity index (χ3n) is 2.87. The van der Waals surface area contributed by atoms with Gasteiger partial charge in [0.1, 0.15) is 0 Å². The second-order valence-corrected chi connectivity index (χ2v) is 5.43. The maximum Gasteiger partial charge on any atom is 0.0960 e. The van der Waals surface area contributed by atoms with Gasteiger partial charge in [-0.25, -0.2) is 0 Å². The lowest BCUT2D eigenvalue weighted by Gasteiger charge is -2.08. The van der Waals surface area contributed by atoms with E-state index in [0.29, 0.717) is 13.2 Å². The Bertz CT molecular complexity index is 539. The molecular formula is C13H17BrN2O2. The van der Waals surface area contributed by atoms with Crippen LogP contribution >= 0.6 is 15.9 Å². The Morgan fingerprint density at radius 2 is 2.28 bits per heavy atom. The van der Waals surface area contributed by atoms with Crippen LogP contribution in [0.25, 0.3) is 10.9 Å². The van der Waals surface area contributed by atoms with E-state index in [9.17, 15) is 0 Å². The molecule has 1 heterocycles. The molecule has 1 aromatic heterocycles. The van der Waals surface area contributed by atoms with Crippen LogP contribution in [0, 0.1) is 5.92 Å². The number of rotatable bonds is 5. The number of hydrogen-bond donors (Lipinski definition) is 1. The average molecular weight is 313 g/mol. The summed E-state index contributed by atoms with van der Waals surface area (Å²) in [5.41, 5.74) is 2.00. The quantitative estimate of drug-likeness (QED) is 0.923. The highest BCUT2D eigenvalue weighted by Gasteiger charge is 2.12. The van der Waals surface area contributed by atoms with Crippen molar-refractivity contribution in [3.05, 3.63) is 28.4 Å². The van der Waals surface area contributed by atoms with Crippen LogP contribution in [-0.2, 0) is 17.9 Å². The third kappa shape index (κ3) is 2.74. The topological polar surface area (TPSA) is 47.3 Å². The minimum atomic E-state index is 0.162. The first-order valence-electron chi connectivity index (χ1n) is 5.90. The molecule has 1 N–H and O–H groups in total. The molecule has 1 atom stereocenters. The number of aromatic nitrogens is 2. The molecule has 0 bridgehead atoms. The molecule has 0 amide bonds. The molecule has 2 rings (SSSR count). The molecule has 18 heavy (non-hydrogen) atoms. The lowest BCUT2D eigenvalue weighted by Crippen LogP contribution is -2.12. The number of nitrogens with zero attached hydrogens (tertiary/aromatic N) is 2. The number of fused-ring (bicyclic) bond motifs is 1. The van der Waals surface area contributed by atoms with Crippen LogP contribution in [0.2, 0.25) is 0 Å². The molecule has 0 spiro atoms. The molecule has 1 unspecified atom stereocenters. The molecule has 5 heteroatoms. The first kappa shape index (κ1) is 13.5. The fourth-order valence-corrected chi connectivity index (χ4v) is 2.30. The zero-order chi connectivity index (χ0) is 13.1. The first-order chi connectivity index (χ1) is 8.65. The summed E-state index contributed by atoms with van der Waals surface area (Å²) in [6, 6.07) is 6.09. The maximum atomic E-state index is 9.16. The minimum Gasteiger partial charge on any atom is -0.396 e. The molecule has 0 aliphatic carbocycles. The second-order valence-electron chi connectivity index (χ2n) is 4.51. The van der Waals surface area contributed by atoms with E-state index in [-0.39, 0.29) is 12.5 Å². The molecule has 1 aromatic carbocycles. The van der Waals surface area contributed by atoms with Gasteiger partial charge < -0.3 is 9.84 Å². The Morgan fingerprint density at radius 3 is 2.94 bits per heavy atom. The van der Waals surface area contributed by atoms with Gasteiger partial charge >= 0.3 is 0 Å². The monoisotopic (exact) mass is 312 g/mol. The summed E-state index contributed by atoms with van der Waals surface area (Å²) < 4.78 is 8.14. The number of aliphatic hydroxyl groups excluding tert-OH is 1. The zero-order valence-electron chi connectivity index (χ0n) is 10.6. The summed E-state index contributed by atoms with van der Waals surface area (Å²) in [6.45, 7) is 3.36. The van der Waals surface area contributed by atoms with Crippen molar-refractivity contribution in [2.75, 3.05) is 13.7 Å². The smallest absolute Gasteiger partial charge is 0.0960 e. The Kier molecular flexibility index (Phi) is 4.37. The van der Waals surface area contributed by atoms with E-state index in [4.69, 9.17) is 9.84 Å². The summed E-state index contributed by atoms with van der Waals surface area (Å²) in [5, 5.41) is 14.8. The minimum absolute atomic E-state index is 0.162. The summed E-state index contributed by atoms with van der Waals surface area (Å²) >= 11 is 3.48.